The summed E-state index contributed by atoms with van der Waals surface area (Å²) in [5.41, 5.74) is 0. The minimum Gasteiger partial charge on any atom is -0.312 e. The van der Waals surface area contributed by atoms with Crippen molar-refractivity contribution in [2.45, 2.75) is 37.9 Å². The topological polar surface area (TPSA) is 24.1 Å². The Morgan fingerprint density at radius 3 is 3.07 bits per heavy atom. The quantitative estimate of drug-likeness (QED) is 0.623. The van der Waals surface area contributed by atoms with Crippen LogP contribution < -0.4 is 10.6 Å². The van der Waals surface area contributed by atoms with E-state index in [1.807, 2.05) is 0 Å². The molecule has 2 aliphatic carbocycles. The molecule has 6 unspecified atom stereocenters. The molecule has 76 valence electrons. The van der Waals surface area contributed by atoms with Crippen LogP contribution in [-0.4, -0.2) is 24.7 Å². The van der Waals surface area contributed by atoms with E-state index in [1.165, 1.54) is 19.4 Å². The Bertz CT molecular complexity index is 279. The second kappa shape index (κ2) is 2.98. The maximum Gasteiger partial charge on any atom is 0.0661 e. The van der Waals surface area contributed by atoms with Gasteiger partial charge in [-0.05, 0) is 44.1 Å². The Morgan fingerprint density at radius 1 is 1.43 bits per heavy atom. The summed E-state index contributed by atoms with van der Waals surface area (Å²) in [6.07, 6.45) is 8.26. The van der Waals surface area contributed by atoms with Crippen molar-refractivity contribution in [1.82, 2.24) is 10.6 Å². The highest BCUT2D eigenvalue weighted by Gasteiger charge is 2.55. The molecule has 3 aliphatic rings. The maximum atomic E-state index is 5.41. The van der Waals surface area contributed by atoms with E-state index in [0.717, 1.165) is 23.8 Å². The number of terminal acetylenes is 1. The fourth-order valence-corrected chi connectivity index (χ4v) is 3.87. The molecule has 0 aromatic heterocycles. The zero-order valence-corrected chi connectivity index (χ0v) is 8.66. The van der Waals surface area contributed by atoms with Gasteiger partial charge in [-0.15, -0.1) is 6.42 Å². The van der Waals surface area contributed by atoms with Crippen LogP contribution in [0.2, 0.25) is 0 Å². The Labute approximate surface area is 85.8 Å². The molecule has 1 aliphatic heterocycles. The normalized spacial score (nSPS) is 50.7. The van der Waals surface area contributed by atoms with Crippen LogP contribution in [0.15, 0.2) is 0 Å². The molecular weight excluding hydrogens is 172 g/mol. The predicted molar refractivity (Wildman–Crippen MR) is 56.7 cm³/mol. The van der Waals surface area contributed by atoms with Crippen LogP contribution >= 0.6 is 0 Å². The van der Waals surface area contributed by atoms with E-state index in [9.17, 15) is 0 Å². The van der Waals surface area contributed by atoms with Crippen LogP contribution in [0.5, 0.6) is 0 Å². The number of nitrogens with one attached hydrogen (secondary N) is 2. The SMILES string of the molecule is C#CC(C)NC1C2CC3CNC1C3C2. The smallest absolute Gasteiger partial charge is 0.0661 e. The molecule has 2 saturated carbocycles. The van der Waals surface area contributed by atoms with Crippen LogP contribution in [0.1, 0.15) is 19.8 Å². The first-order valence-corrected chi connectivity index (χ1v) is 5.75. The second-order valence-electron chi connectivity index (χ2n) is 5.17. The van der Waals surface area contributed by atoms with Gasteiger partial charge >= 0.3 is 0 Å². The van der Waals surface area contributed by atoms with E-state index in [1.54, 1.807) is 0 Å². The molecule has 0 amide bonds. The molecule has 2 N–H and O–H groups in total. The molecule has 0 aromatic rings. The molecule has 2 nitrogen and oxygen atoms in total. The Hall–Kier alpha value is -0.520. The van der Waals surface area contributed by atoms with Crippen LogP contribution in [-0.2, 0) is 0 Å². The number of rotatable bonds is 2. The number of hydrogen-bond donors (Lipinski definition) is 2. The largest absolute Gasteiger partial charge is 0.312 e. The first kappa shape index (κ1) is 8.76. The molecule has 0 aromatic carbocycles. The van der Waals surface area contributed by atoms with Crippen molar-refractivity contribution in [2.24, 2.45) is 17.8 Å². The van der Waals surface area contributed by atoms with Gasteiger partial charge in [0.25, 0.3) is 0 Å². The lowest BCUT2D eigenvalue weighted by molar-refractivity contribution is 0.291. The minimum absolute atomic E-state index is 0.222. The van der Waals surface area contributed by atoms with Gasteiger partial charge in [-0.2, -0.15) is 0 Å². The highest BCUT2D eigenvalue weighted by atomic mass is 15.1. The Kier molecular flexibility index (Phi) is 1.87. The van der Waals surface area contributed by atoms with Crippen LogP contribution in [0, 0.1) is 30.1 Å². The summed E-state index contributed by atoms with van der Waals surface area (Å²) in [6, 6.07) is 1.58. The van der Waals surface area contributed by atoms with E-state index in [4.69, 9.17) is 6.42 Å². The van der Waals surface area contributed by atoms with E-state index in [0.29, 0.717) is 6.04 Å². The minimum atomic E-state index is 0.222. The van der Waals surface area contributed by atoms with Gasteiger partial charge in [0.1, 0.15) is 0 Å². The van der Waals surface area contributed by atoms with Gasteiger partial charge in [0, 0.05) is 12.1 Å². The molecule has 2 heteroatoms. The molecule has 0 spiro atoms. The molecule has 1 heterocycles. The average molecular weight is 190 g/mol. The molecule has 1 saturated heterocycles. The standard InChI is InChI=1S/C12H18N2/c1-3-7(2)14-11-8-4-9-6-13-12(11)10(9)5-8/h1,7-14H,4-6H2,2H3. The molecule has 3 fully saturated rings. The summed E-state index contributed by atoms with van der Waals surface area (Å²) >= 11 is 0. The average Bonchev–Trinajstić information content (AvgIpc) is 2.76. The van der Waals surface area contributed by atoms with Crippen LogP contribution in [0.4, 0.5) is 0 Å². The van der Waals surface area contributed by atoms with Gasteiger partial charge in [0.15, 0.2) is 0 Å². The fourth-order valence-electron chi connectivity index (χ4n) is 3.87. The predicted octanol–water partition coefficient (Wildman–Crippen LogP) is 0.594. The molecule has 3 rings (SSSR count). The van der Waals surface area contributed by atoms with Gasteiger partial charge in [-0.1, -0.05) is 5.92 Å². The van der Waals surface area contributed by atoms with Crippen LogP contribution in [0.3, 0.4) is 0 Å². The van der Waals surface area contributed by atoms with Crippen molar-refractivity contribution < 1.29 is 0 Å². The van der Waals surface area contributed by atoms with Crippen molar-refractivity contribution in [3.63, 3.8) is 0 Å². The van der Waals surface area contributed by atoms with Gasteiger partial charge in [0.05, 0.1) is 6.04 Å². The van der Waals surface area contributed by atoms with E-state index < -0.39 is 0 Å². The maximum absolute atomic E-state index is 5.41. The summed E-state index contributed by atoms with van der Waals surface area (Å²) in [7, 11) is 0. The fraction of sp³-hybridized carbons (Fsp3) is 0.833. The molecule has 2 bridgehead atoms. The van der Waals surface area contributed by atoms with Crippen molar-refractivity contribution in [3.05, 3.63) is 0 Å². The lowest BCUT2D eigenvalue weighted by Crippen LogP contribution is -2.50. The van der Waals surface area contributed by atoms with E-state index >= 15 is 0 Å². The lowest BCUT2D eigenvalue weighted by Gasteiger charge is -2.30. The van der Waals surface area contributed by atoms with Gasteiger partial charge in [0.2, 0.25) is 0 Å². The highest BCUT2D eigenvalue weighted by Crippen LogP contribution is 2.51. The molecule has 0 radical (unpaired) electrons. The zero-order chi connectivity index (χ0) is 9.71. The zero-order valence-electron chi connectivity index (χ0n) is 8.66. The second-order valence-corrected chi connectivity index (χ2v) is 5.17. The van der Waals surface area contributed by atoms with Crippen molar-refractivity contribution in [3.8, 4) is 12.3 Å². The van der Waals surface area contributed by atoms with Gasteiger partial charge in [-0.3, -0.25) is 5.32 Å². The molecule has 14 heavy (non-hydrogen) atoms. The first-order chi connectivity index (χ1) is 6.79. The first-order valence-electron chi connectivity index (χ1n) is 5.75. The Morgan fingerprint density at radius 2 is 2.29 bits per heavy atom. The highest BCUT2D eigenvalue weighted by molar-refractivity contribution is 5.13. The van der Waals surface area contributed by atoms with Crippen molar-refractivity contribution in [1.29, 1.82) is 0 Å². The summed E-state index contributed by atoms with van der Waals surface area (Å²) in [4.78, 5) is 0. The van der Waals surface area contributed by atoms with Crippen molar-refractivity contribution in [2.75, 3.05) is 6.54 Å². The third kappa shape index (κ3) is 1.06. The van der Waals surface area contributed by atoms with Crippen molar-refractivity contribution >= 4 is 0 Å². The Balaban J connectivity index is 1.74. The van der Waals surface area contributed by atoms with E-state index in [-0.39, 0.29) is 6.04 Å². The third-order valence-corrected chi connectivity index (χ3v) is 4.45. The van der Waals surface area contributed by atoms with Crippen LogP contribution in [0.25, 0.3) is 0 Å². The molecular formula is C12H18N2. The van der Waals surface area contributed by atoms with Gasteiger partial charge in [-0.25, -0.2) is 0 Å². The molecule has 6 atom stereocenters. The summed E-state index contributed by atoms with van der Waals surface area (Å²) < 4.78 is 0. The third-order valence-electron chi connectivity index (χ3n) is 4.45. The summed E-state index contributed by atoms with van der Waals surface area (Å²) in [5.74, 6) is 5.58. The summed E-state index contributed by atoms with van der Waals surface area (Å²) in [6.45, 7) is 3.33. The lowest BCUT2D eigenvalue weighted by atomic mass is 9.86. The monoisotopic (exact) mass is 190 g/mol. The van der Waals surface area contributed by atoms with Gasteiger partial charge < -0.3 is 5.32 Å². The van der Waals surface area contributed by atoms with E-state index in [2.05, 4.69) is 23.5 Å². The number of hydrogen-bond acceptors (Lipinski definition) is 2. The number of fused-ring (bicyclic) bond motifs is 1. The summed E-state index contributed by atoms with van der Waals surface area (Å²) in [5, 5.41) is 7.25.